The highest BCUT2D eigenvalue weighted by Gasteiger charge is 2.23. The molecule has 4 nitrogen and oxygen atoms in total. The smallest absolute Gasteiger partial charge is 0.227 e. The largest absolute Gasteiger partial charge is 0.345 e. The number of hydrogen-bond donors (Lipinski definition) is 0. The number of benzene rings is 2. The highest BCUT2D eigenvalue weighted by Crippen LogP contribution is 2.31. The van der Waals surface area contributed by atoms with Crippen molar-refractivity contribution in [3.63, 3.8) is 0 Å². The summed E-state index contributed by atoms with van der Waals surface area (Å²) in [6, 6.07) is 12.5. The number of halogens is 1. The first-order valence-corrected chi connectivity index (χ1v) is 10.8. The van der Waals surface area contributed by atoms with Crippen molar-refractivity contribution in [1.82, 2.24) is 9.88 Å². The second-order valence-electron chi connectivity index (χ2n) is 7.07. The van der Waals surface area contributed by atoms with Gasteiger partial charge in [-0.15, -0.1) is 0 Å². The molecule has 1 amide bonds. The van der Waals surface area contributed by atoms with E-state index in [-0.39, 0.29) is 5.91 Å². The SMILES string of the molecule is Cc1ccc(CC(=O)N2CCN(c3nc4ccc(Br)cc4s3)CC2)cc1C. The van der Waals surface area contributed by atoms with Gasteiger partial charge in [-0.05, 0) is 48.7 Å². The normalized spacial score (nSPS) is 14.8. The minimum atomic E-state index is 0.214. The summed E-state index contributed by atoms with van der Waals surface area (Å²) in [6.45, 7) is 7.37. The van der Waals surface area contributed by atoms with Crippen LogP contribution < -0.4 is 4.90 Å². The first-order chi connectivity index (χ1) is 13.0. The summed E-state index contributed by atoms with van der Waals surface area (Å²) in [6.07, 6.45) is 0.482. The minimum absolute atomic E-state index is 0.214. The van der Waals surface area contributed by atoms with E-state index in [0.29, 0.717) is 6.42 Å². The van der Waals surface area contributed by atoms with Crippen LogP contribution in [0.3, 0.4) is 0 Å². The van der Waals surface area contributed by atoms with Crippen molar-refractivity contribution in [2.45, 2.75) is 20.3 Å². The second-order valence-corrected chi connectivity index (χ2v) is 9.00. The molecular formula is C21H22BrN3OS. The van der Waals surface area contributed by atoms with Gasteiger partial charge in [0.2, 0.25) is 5.91 Å². The van der Waals surface area contributed by atoms with Gasteiger partial charge in [-0.1, -0.05) is 45.5 Å². The Balaban J connectivity index is 1.38. The summed E-state index contributed by atoms with van der Waals surface area (Å²) < 4.78 is 2.26. The summed E-state index contributed by atoms with van der Waals surface area (Å²) in [5, 5.41) is 1.05. The number of aryl methyl sites for hydroxylation is 2. The van der Waals surface area contributed by atoms with Crippen LogP contribution in [0.1, 0.15) is 16.7 Å². The van der Waals surface area contributed by atoms with Gasteiger partial charge in [0, 0.05) is 30.7 Å². The fourth-order valence-corrected chi connectivity index (χ4v) is 4.94. The summed E-state index contributed by atoms with van der Waals surface area (Å²) in [4.78, 5) is 21.7. The number of rotatable bonds is 3. The van der Waals surface area contributed by atoms with Crippen molar-refractivity contribution in [1.29, 1.82) is 0 Å². The molecule has 140 valence electrons. The molecule has 1 saturated heterocycles. The number of anilines is 1. The summed E-state index contributed by atoms with van der Waals surface area (Å²) in [5.41, 5.74) is 4.64. The zero-order valence-corrected chi connectivity index (χ0v) is 17.9. The third kappa shape index (κ3) is 4.01. The van der Waals surface area contributed by atoms with Crippen LogP contribution in [-0.2, 0) is 11.2 Å². The molecule has 0 N–H and O–H groups in total. The van der Waals surface area contributed by atoms with Gasteiger partial charge < -0.3 is 9.80 Å². The lowest BCUT2D eigenvalue weighted by Gasteiger charge is -2.34. The zero-order chi connectivity index (χ0) is 19.0. The fourth-order valence-electron chi connectivity index (χ4n) is 3.37. The number of hydrogen-bond acceptors (Lipinski definition) is 4. The first kappa shape index (κ1) is 18.4. The molecule has 2 heterocycles. The van der Waals surface area contributed by atoms with Crippen LogP contribution in [0.5, 0.6) is 0 Å². The Morgan fingerprint density at radius 1 is 1.07 bits per heavy atom. The number of nitrogens with zero attached hydrogens (tertiary/aromatic N) is 3. The van der Waals surface area contributed by atoms with Crippen molar-refractivity contribution >= 4 is 48.5 Å². The van der Waals surface area contributed by atoms with E-state index in [9.17, 15) is 4.79 Å². The van der Waals surface area contributed by atoms with Gasteiger partial charge in [0.05, 0.1) is 16.6 Å². The lowest BCUT2D eigenvalue weighted by molar-refractivity contribution is -0.130. The van der Waals surface area contributed by atoms with Crippen LogP contribution in [0, 0.1) is 13.8 Å². The summed E-state index contributed by atoms with van der Waals surface area (Å²) >= 11 is 5.23. The Kier molecular flexibility index (Phi) is 5.19. The average Bonchev–Trinajstić information content (AvgIpc) is 3.08. The van der Waals surface area contributed by atoms with Gasteiger partial charge in [0.25, 0.3) is 0 Å². The fraction of sp³-hybridized carbons (Fsp3) is 0.333. The molecule has 4 rings (SSSR count). The van der Waals surface area contributed by atoms with Crippen LogP contribution in [0.2, 0.25) is 0 Å². The summed E-state index contributed by atoms with van der Waals surface area (Å²) in [5.74, 6) is 0.214. The standard InChI is InChI=1S/C21H22BrN3OS/c1-14-3-4-16(11-15(14)2)12-20(26)24-7-9-25(10-8-24)21-23-18-6-5-17(22)13-19(18)27-21/h3-6,11,13H,7-10,12H2,1-2H3. The molecule has 0 radical (unpaired) electrons. The number of aromatic nitrogens is 1. The molecule has 0 spiro atoms. The highest BCUT2D eigenvalue weighted by molar-refractivity contribution is 9.10. The first-order valence-electron chi connectivity index (χ1n) is 9.14. The van der Waals surface area contributed by atoms with Crippen molar-refractivity contribution in [2.24, 2.45) is 0 Å². The van der Waals surface area contributed by atoms with E-state index >= 15 is 0 Å². The Labute approximate surface area is 171 Å². The van der Waals surface area contributed by atoms with Crippen LogP contribution >= 0.6 is 27.3 Å². The molecule has 0 unspecified atom stereocenters. The number of piperazine rings is 1. The molecule has 0 aliphatic carbocycles. The summed E-state index contributed by atoms with van der Waals surface area (Å²) in [7, 11) is 0. The van der Waals surface area contributed by atoms with Crippen molar-refractivity contribution < 1.29 is 4.79 Å². The average molecular weight is 444 g/mol. The molecule has 3 aromatic rings. The zero-order valence-electron chi connectivity index (χ0n) is 15.5. The lowest BCUT2D eigenvalue weighted by Crippen LogP contribution is -2.49. The third-order valence-corrected chi connectivity index (χ3v) is 6.74. The molecule has 6 heteroatoms. The highest BCUT2D eigenvalue weighted by atomic mass is 79.9. The molecular weight excluding hydrogens is 422 g/mol. The molecule has 1 aromatic heterocycles. The topological polar surface area (TPSA) is 36.4 Å². The van der Waals surface area contributed by atoms with E-state index in [1.807, 2.05) is 17.0 Å². The van der Waals surface area contributed by atoms with Gasteiger partial charge in [0.1, 0.15) is 0 Å². The lowest BCUT2D eigenvalue weighted by atomic mass is 10.0. The Morgan fingerprint density at radius 3 is 2.59 bits per heavy atom. The van der Waals surface area contributed by atoms with Crippen LogP contribution in [-0.4, -0.2) is 42.0 Å². The number of thiazole rings is 1. The maximum Gasteiger partial charge on any atom is 0.227 e. The maximum atomic E-state index is 12.7. The Bertz CT molecular complexity index is 992. The molecule has 0 bridgehead atoms. The second kappa shape index (κ2) is 7.60. The minimum Gasteiger partial charge on any atom is -0.345 e. The van der Waals surface area contributed by atoms with Gasteiger partial charge in [0.15, 0.2) is 5.13 Å². The van der Waals surface area contributed by atoms with E-state index in [1.54, 1.807) is 11.3 Å². The molecule has 0 atom stereocenters. The Morgan fingerprint density at radius 2 is 1.85 bits per heavy atom. The third-order valence-electron chi connectivity index (χ3n) is 5.17. The van der Waals surface area contributed by atoms with Crippen molar-refractivity contribution in [2.75, 3.05) is 31.1 Å². The van der Waals surface area contributed by atoms with E-state index in [1.165, 1.54) is 15.8 Å². The quantitative estimate of drug-likeness (QED) is 0.594. The van der Waals surface area contributed by atoms with Gasteiger partial charge >= 0.3 is 0 Å². The molecule has 0 saturated carbocycles. The van der Waals surface area contributed by atoms with Crippen LogP contribution in [0.4, 0.5) is 5.13 Å². The maximum absolute atomic E-state index is 12.7. The van der Waals surface area contributed by atoms with E-state index < -0.39 is 0 Å². The predicted molar refractivity (Wildman–Crippen MR) is 116 cm³/mol. The van der Waals surface area contributed by atoms with Crippen LogP contribution in [0.25, 0.3) is 10.2 Å². The van der Waals surface area contributed by atoms with Crippen LogP contribution in [0.15, 0.2) is 40.9 Å². The molecule has 1 aliphatic rings. The van der Waals surface area contributed by atoms with E-state index in [2.05, 4.69) is 58.9 Å². The molecule has 1 fully saturated rings. The number of fused-ring (bicyclic) bond motifs is 1. The van der Waals surface area contributed by atoms with Crippen molar-refractivity contribution in [3.8, 4) is 0 Å². The molecule has 1 aliphatic heterocycles. The van der Waals surface area contributed by atoms with E-state index in [4.69, 9.17) is 4.98 Å². The monoisotopic (exact) mass is 443 g/mol. The van der Waals surface area contributed by atoms with Gasteiger partial charge in [-0.25, -0.2) is 4.98 Å². The van der Waals surface area contributed by atoms with E-state index in [0.717, 1.165) is 46.9 Å². The number of carbonyl (C=O) groups is 1. The van der Waals surface area contributed by atoms with Gasteiger partial charge in [-0.2, -0.15) is 0 Å². The predicted octanol–water partition coefficient (Wildman–Crippen LogP) is 4.57. The number of carbonyl (C=O) groups excluding carboxylic acids is 1. The van der Waals surface area contributed by atoms with Crippen molar-refractivity contribution in [3.05, 3.63) is 57.6 Å². The Hall–Kier alpha value is -1.92. The molecule has 27 heavy (non-hydrogen) atoms. The number of amides is 1. The van der Waals surface area contributed by atoms with Gasteiger partial charge in [-0.3, -0.25) is 4.79 Å². The molecule has 2 aromatic carbocycles.